The fourth-order valence-corrected chi connectivity index (χ4v) is 8.22. The summed E-state index contributed by atoms with van der Waals surface area (Å²) in [6.07, 6.45) is 15.5. The van der Waals surface area contributed by atoms with E-state index in [0.29, 0.717) is 11.3 Å². The normalized spacial score (nSPS) is 45.4. The lowest BCUT2D eigenvalue weighted by atomic mass is 9.44. The summed E-state index contributed by atoms with van der Waals surface area (Å²) in [5.41, 5.74) is 0.677. The second kappa shape index (κ2) is 7.55. The van der Waals surface area contributed by atoms with Gasteiger partial charge in [-0.05, 0) is 80.5 Å². The first-order valence-electron chi connectivity index (χ1n) is 12.0. The maximum atomic E-state index is 11.6. The summed E-state index contributed by atoms with van der Waals surface area (Å²) in [5, 5.41) is 0. The van der Waals surface area contributed by atoms with Gasteiger partial charge in [0.1, 0.15) is 5.76 Å². The lowest BCUT2D eigenvalue weighted by Gasteiger charge is -2.60. The van der Waals surface area contributed by atoms with Crippen LogP contribution >= 0.6 is 0 Å². The van der Waals surface area contributed by atoms with Gasteiger partial charge in [-0.25, -0.2) is 0 Å². The molecule has 4 saturated carbocycles. The number of hydrogen-bond acceptors (Lipinski definition) is 2. The van der Waals surface area contributed by atoms with E-state index in [9.17, 15) is 4.79 Å². The average molecular weight is 383 g/mol. The zero-order valence-corrected chi connectivity index (χ0v) is 18.4. The molecule has 4 fully saturated rings. The molecular formula is C26H38O2. The van der Waals surface area contributed by atoms with Crippen LogP contribution in [0.1, 0.15) is 91.9 Å². The van der Waals surface area contributed by atoms with Crippen molar-refractivity contribution < 1.29 is 9.53 Å². The Morgan fingerprint density at radius 2 is 1.86 bits per heavy atom. The van der Waals surface area contributed by atoms with Crippen LogP contribution in [0.15, 0.2) is 11.8 Å². The third kappa shape index (κ3) is 2.88. The quantitative estimate of drug-likeness (QED) is 0.382. The van der Waals surface area contributed by atoms with Crippen LogP contribution in [-0.2, 0) is 9.53 Å². The molecular weight excluding hydrogens is 344 g/mol. The molecule has 2 heteroatoms. The molecule has 0 radical (unpaired) electrons. The second-order valence-electron chi connectivity index (χ2n) is 10.0. The van der Waals surface area contributed by atoms with E-state index >= 15 is 0 Å². The van der Waals surface area contributed by atoms with Gasteiger partial charge >= 0.3 is 5.97 Å². The van der Waals surface area contributed by atoms with Gasteiger partial charge in [0.2, 0.25) is 0 Å². The molecule has 154 valence electrons. The molecule has 2 nitrogen and oxygen atoms in total. The van der Waals surface area contributed by atoms with Gasteiger partial charge in [0.15, 0.2) is 0 Å². The smallest absolute Gasteiger partial charge is 0.307 e. The summed E-state index contributed by atoms with van der Waals surface area (Å²) in [5.74, 6) is 11.4. The van der Waals surface area contributed by atoms with E-state index in [4.69, 9.17) is 4.74 Å². The van der Waals surface area contributed by atoms with Crippen molar-refractivity contribution in [3.8, 4) is 11.8 Å². The number of carbonyl (C=O) groups excluding carboxylic acids is 1. The van der Waals surface area contributed by atoms with Crippen LogP contribution in [0.5, 0.6) is 0 Å². The number of carbonyl (C=O) groups is 1. The van der Waals surface area contributed by atoms with Crippen molar-refractivity contribution in [2.24, 2.45) is 40.4 Å². The first kappa shape index (κ1) is 20.1. The summed E-state index contributed by atoms with van der Waals surface area (Å²) < 4.78 is 5.61. The molecule has 0 aromatic rings. The molecule has 5 rings (SSSR count). The number of hydrogen-bond donors (Lipinski definition) is 0. The predicted molar refractivity (Wildman–Crippen MR) is 113 cm³/mol. The minimum atomic E-state index is -0.192. The molecule has 5 aliphatic rings. The largest absolute Gasteiger partial charge is 0.430 e. The Morgan fingerprint density at radius 3 is 2.64 bits per heavy atom. The van der Waals surface area contributed by atoms with Crippen molar-refractivity contribution in [2.75, 3.05) is 0 Å². The van der Waals surface area contributed by atoms with E-state index in [-0.39, 0.29) is 11.4 Å². The summed E-state index contributed by atoms with van der Waals surface area (Å²) in [6.45, 7) is 8.15. The monoisotopic (exact) mass is 382 g/mol. The maximum Gasteiger partial charge on any atom is 0.307 e. The molecule has 1 spiro atoms. The Hall–Kier alpha value is -1.23. The van der Waals surface area contributed by atoms with Crippen molar-refractivity contribution >= 4 is 5.97 Å². The second-order valence-corrected chi connectivity index (χ2v) is 10.0. The first-order chi connectivity index (χ1) is 13.5. The molecule has 0 saturated heterocycles. The highest BCUT2D eigenvalue weighted by Crippen LogP contribution is 2.68. The van der Waals surface area contributed by atoms with Crippen molar-refractivity contribution in [3.63, 3.8) is 0 Å². The van der Waals surface area contributed by atoms with Gasteiger partial charge in [-0.3, -0.25) is 4.79 Å². The highest BCUT2D eigenvalue weighted by atomic mass is 16.5. The lowest BCUT2D eigenvalue weighted by Crippen LogP contribution is -2.53. The van der Waals surface area contributed by atoms with Crippen LogP contribution in [0.2, 0.25) is 0 Å². The van der Waals surface area contributed by atoms with Gasteiger partial charge in [0.05, 0.1) is 0 Å². The predicted octanol–water partition coefficient (Wildman–Crippen LogP) is 6.51. The van der Waals surface area contributed by atoms with Gasteiger partial charge in [-0.15, -0.1) is 0 Å². The summed E-state index contributed by atoms with van der Waals surface area (Å²) in [6, 6.07) is 0. The first-order valence-corrected chi connectivity index (χ1v) is 12.0. The molecule has 0 aliphatic heterocycles. The average Bonchev–Trinajstić information content (AvgIpc) is 3.09. The van der Waals surface area contributed by atoms with Crippen molar-refractivity contribution in [3.05, 3.63) is 11.8 Å². The molecule has 0 amide bonds. The molecule has 0 bridgehead atoms. The summed E-state index contributed by atoms with van der Waals surface area (Å²) in [4.78, 5) is 11.6. The van der Waals surface area contributed by atoms with E-state index in [1.54, 1.807) is 0 Å². The van der Waals surface area contributed by atoms with E-state index < -0.39 is 0 Å². The Kier molecular flexibility index (Phi) is 5.41. The molecule has 7 atom stereocenters. The minimum absolute atomic E-state index is 0.0958. The van der Waals surface area contributed by atoms with Crippen LogP contribution in [0, 0.1) is 52.3 Å². The summed E-state index contributed by atoms with van der Waals surface area (Å²) in [7, 11) is 0. The van der Waals surface area contributed by atoms with Crippen molar-refractivity contribution in [1.82, 2.24) is 0 Å². The highest BCUT2D eigenvalue weighted by molar-refractivity contribution is 5.67. The molecule has 0 N–H and O–H groups in total. The van der Waals surface area contributed by atoms with E-state index in [1.807, 2.05) is 19.9 Å². The van der Waals surface area contributed by atoms with Crippen molar-refractivity contribution in [2.45, 2.75) is 91.9 Å². The SMILES string of the molecule is CC.CC(=O)OC1=CC#CC23CCC4C(CCC5CCCCC54C)C2CCC13. The lowest BCUT2D eigenvalue weighted by molar-refractivity contribution is -0.139. The van der Waals surface area contributed by atoms with Crippen LogP contribution in [0.25, 0.3) is 0 Å². The van der Waals surface area contributed by atoms with E-state index in [0.717, 1.165) is 35.9 Å². The van der Waals surface area contributed by atoms with E-state index in [2.05, 4.69) is 18.8 Å². The molecule has 7 unspecified atom stereocenters. The number of ether oxygens (including phenoxy) is 1. The molecule has 5 aliphatic carbocycles. The Morgan fingerprint density at radius 1 is 1.04 bits per heavy atom. The maximum absolute atomic E-state index is 11.6. The van der Waals surface area contributed by atoms with Gasteiger partial charge < -0.3 is 4.74 Å². The number of fused-ring (bicyclic) bond motifs is 4. The standard InChI is InChI=1S/C24H32O2.C2H6/c1-16(25)26-22-7-5-14-24-15-12-19-18(20(24)10-11-21(22)24)9-8-17-6-3-4-13-23(17,19)2;1-2/h7,17-21H,3-4,6,8-13,15H2,1-2H3;1-2H3. The van der Waals surface area contributed by atoms with Gasteiger partial charge in [0.25, 0.3) is 0 Å². The van der Waals surface area contributed by atoms with E-state index in [1.165, 1.54) is 64.7 Å². The molecule has 0 aromatic carbocycles. The fourth-order valence-electron chi connectivity index (χ4n) is 8.22. The summed E-state index contributed by atoms with van der Waals surface area (Å²) >= 11 is 0. The van der Waals surface area contributed by atoms with Gasteiger partial charge in [-0.1, -0.05) is 45.5 Å². The van der Waals surface area contributed by atoms with Crippen LogP contribution in [-0.4, -0.2) is 5.97 Å². The van der Waals surface area contributed by atoms with Gasteiger partial charge in [0, 0.05) is 24.3 Å². The highest BCUT2D eigenvalue weighted by Gasteiger charge is 2.62. The fraction of sp³-hybridized carbons (Fsp3) is 0.808. The number of esters is 1. The third-order valence-corrected chi connectivity index (χ3v) is 9.22. The molecule has 0 heterocycles. The van der Waals surface area contributed by atoms with Crippen LogP contribution < -0.4 is 0 Å². The Labute approximate surface area is 171 Å². The van der Waals surface area contributed by atoms with Crippen LogP contribution in [0.4, 0.5) is 0 Å². The number of allylic oxidation sites excluding steroid dienone is 2. The zero-order valence-electron chi connectivity index (χ0n) is 18.4. The van der Waals surface area contributed by atoms with Crippen LogP contribution in [0.3, 0.4) is 0 Å². The third-order valence-electron chi connectivity index (χ3n) is 9.22. The zero-order chi connectivity index (χ0) is 19.9. The Balaban J connectivity index is 0.000000932. The Bertz CT molecular complexity index is 710. The van der Waals surface area contributed by atoms with Gasteiger partial charge in [-0.2, -0.15) is 0 Å². The van der Waals surface area contributed by atoms with Crippen molar-refractivity contribution in [1.29, 1.82) is 0 Å². The molecule has 28 heavy (non-hydrogen) atoms. The molecule has 0 aromatic heterocycles. The number of rotatable bonds is 1. The topological polar surface area (TPSA) is 26.3 Å². The minimum Gasteiger partial charge on any atom is -0.430 e.